The fourth-order valence-corrected chi connectivity index (χ4v) is 5.38. The van der Waals surface area contributed by atoms with Crippen molar-refractivity contribution in [3.63, 3.8) is 0 Å². The number of nitriles is 1. The number of aryl methyl sites for hydroxylation is 1. The molecule has 2 aromatic heterocycles. The van der Waals surface area contributed by atoms with Crippen LogP contribution in [-0.2, 0) is 17.6 Å². The van der Waals surface area contributed by atoms with Gasteiger partial charge in [0.25, 0.3) is 5.22 Å². The zero-order chi connectivity index (χ0) is 20.4. The molecule has 0 saturated heterocycles. The van der Waals surface area contributed by atoms with Gasteiger partial charge < -0.3 is 9.73 Å². The average Bonchev–Trinajstić information content (AvgIpc) is 3.30. The van der Waals surface area contributed by atoms with Gasteiger partial charge in [-0.25, -0.2) is 0 Å². The molecule has 0 radical (unpaired) electrons. The monoisotopic (exact) mass is 424 g/mol. The number of nitrogens with zero attached hydrogens (tertiary/aromatic N) is 3. The van der Waals surface area contributed by atoms with Crippen molar-refractivity contribution in [3.8, 4) is 17.5 Å². The van der Waals surface area contributed by atoms with Crippen molar-refractivity contribution >= 4 is 34.0 Å². The minimum Gasteiger partial charge on any atom is -0.411 e. The van der Waals surface area contributed by atoms with Crippen LogP contribution < -0.4 is 5.32 Å². The number of rotatable bonds is 5. The van der Waals surface area contributed by atoms with Crippen LogP contribution in [0.3, 0.4) is 0 Å². The zero-order valence-corrected chi connectivity index (χ0v) is 17.8. The Hall–Kier alpha value is -2.63. The number of nitrogens with one attached hydrogen (secondary N) is 1. The second-order valence-corrected chi connectivity index (χ2v) is 9.22. The number of amides is 1. The van der Waals surface area contributed by atoms with Crippen LogP contribution in [0.15, 0.2) is 33.9 Å². The van der Waals surface area contributed by atoms with E-state index in [0.717, 1.165) is 36.0 Å². The second kappa shape index (κ2) is 8.39. The van der Waals surface area contributed by atoms with E-state index in [1.807, 2.05) is 31.2 Å². The molecule has 0 spiro atoms. The molecule has 0 bridgehead atoms. The highest BCUT2D eigenvalue weighted by atomic mass is 32.2. The normalized spacial score (nSPS) is 15.6. The lowest BCUT2D eigenvalue weighted by Gasteiger charge is -2.17. The molecular weight excluding hydrogens is 404 g/mol. The predicted molar refractivity (Wildman–Crippen MR) is 114 cm³/mol. The zero-order valence-electron chi connectivity index (χ0n) is 16.2. The van der Waals surface area contributed by atoms with Crippen LogP contribution in [0, 0.1) is 24.2 Å². The van der Waals surface area contributed by atoms with Crippen LogP contribution in [-0.4, -0.2) is 21.9 Å². The van der Waals surface area contributed by atoms with Gasteiger partial charge in [-0.05, 0) is 49.3 Å². The summed E-state index contributed by atoms with van der Waals surface area (Å²) in [4.78, 5) is 13.7. The first kappa shape index (κ1) is 19.7. The largest absolute Gasteiger partial charge is 0.411 e. The first-order chi connectivity index (χ1) is 14.0. The summed E-state index contributed by atoms with van der Waals surface area (Å²) in [5.74, 6) is 1.01. The maximum Gasteiger partial charge on any atom is 0.277 e. The molecule has 148 valence electrons. The molecule has 0 fully saturated rings. The number of hydrogen-bond donors (Lipinski definition) is 1. The van der Waals surface area contributed by atoms with Crippen LogP contribution in [0.5, 0.6) is 0 Å². The molecule has 4 rings (SSSR count). The third-order valence-electron chi connectivity index (χ3n) is 4.99. The van der Waals surface area contributed by atoms with Crippen molar-refractivity contribution in [1.29, 1.82) is 5.26 Å². The first-order valence-corrected chi connectivity index (χ1v) is 11.2. The SMILES string of the molecule is Cc1ccccc1-c1nnc(SCC(=O)Nc2sc3c(c2C#N)CCC(C)C3)o1. The second-order valence-electron chi connectivity index (χ2n) is 7.19. The number of benzene rings is 1. The Bertz CT molecular complexity index is 1100. The van der Waals surface area contributed by atoms with Gasteiger partial charge in [0.05, 0.1) is 11.3 Å². The van der Waals surface area contributed by atoms with Gasteiger partial charge in [0.1, 0.15) is 11.1 Å². The molecule has 6 nitrogen and oxygen atoms in total. The maximum atomic E-state index is 12.4. The molecule has 0 aliphatic heterocycles. The summed E-state index contributed by atoms with van der Waals surface area (Å²) in [5.41, 5.74) is 3.66. The van der Waals surface area contributed by atoms with Gasteiger partial charge in [-0.1, -0.05) is 36.9 Å². The van der Waals surface area contributed by atoms with Crippen molar-refractivity contribution < 1.29 is 9.21 Å². The smallest absolute Gasteiger partial charge is 0.277 e. The highest BCUT2D eigenvalue weighted by Crippen LogP contribution is 2.39. The fraction of sp³-hybridized carbons (Fsp3) is 0.333. The molecule has 29 heavy (non-hydrogen) atoms. The van der Waals surface area contributed by atoms with E-state index in [2.05, 4.69) is 28.5 Å². The van der Waals surface area contributed by atoms with E-state index < -0.39 is 0 Å². The Labute approximate surface area is 177 Å². The lowest BCUT2D eigenvalue weighted by molar-refractivity contribution is -0.113. The van der Waals surface area contributed by atoms with Gasteiger partial charge in [0.2, 0.25) is 11.8 Å². The summed E-state index contributed by atoms with van der Waals surface area (Å²) in [6.45, 7) is 4.20. The van der Waals surface area contributed by atoms with Crippen molar-refractivity contribution in [1.82, 2.24) is 10.2 Å². The predicted octanol–water partition coefficient (Wildman–Crippen LogP) is 4.83. The number of carbonyl (C=O) groups is 1. The lowest BCUT2D eigenvalue weighted by atomic mass is 9.89. The number of thioether (sulfide) groups is 1. The van der Waals surface area contributed by atoms with E-state index in [4.69, 9.17) is 4.42 Å². The Morgan fingerprint density at radius 2 is 2.24 bits per heavy atom. The number of carbonyl (C=O) groups excluding carboxylic acids is 1. The van der Waals surface area contributed by atoms with Crippen LogP contribution in [0.25, 0.3) is 11.5 Å². The maximum absolute atomic E-state index is 12.4. The van der Waals surface area contributed by atoms with Gasteiger partial charge in [-0.15, -0.1) is 21.5 Å². The number of anilines is 1. The number of thiophene rings is 1. The Morgan fingerprint density at radius 3 is 3.03 bits per heavy atom. The molecule has 1 unspecified atom stereocenters. The summed E-state index contributed by atoms with van der Waals surface area (Å²) >= 11 is 2.72. The Morgan fingerprint density at radius 1 is 1.41 bits per heavy atom. The molecule has 1 atom stereocenters. The number of aromatic nitrogens is 2. The van der Waals surface area contributed by atoms with Gasteiger partial charge >= 0.3 is 0 Å². The summed E-state index contributed by atoms with van der Waals surface area (Å²) in [7, 11) is 0. The summed E-state index contributed by atoms with van der Waals surface area (Å²) in [6.07, 6.45) is 2.97. The van der Waals surface area contributed by atoms with Crippen molar-refractivity contribution in [2.24, 2.45) is 5.92 Å². The summed E-state index contributed by atoms with van der Waals surface area (Å²) < 4.78 is 5.69. The number of hydrogen-bond acceptors (Lipinski definition) is 7. The topological polar surface area (TPSA) is 91.8 Å². The van der Waals surface area contributed by atoms with E-state index in [9.17, 15) is 10.1 Å². The van der Waals surface area contributed by atoms with Crippen molar-refractivity contribution in [2.75, 3.05) is 11.1 Å². The minimum atomic E-state index is -0.186. The molecule has 1 aromatic carbocycles. The first-order valence-electron chi connectivity index (χ1n) is 9.42. The van der Waals surface area contributed by atoms with Crippen LogP contribution in [0.4, 0.5) is 5.00 Å². The molecule has 3 aromatic rings. The Balaban J connectivity index is 1.40. The molecule has 2 heterocycles. The molecule has 1 N–H and O–H groups in total. The van der Waals surface area contributed by atoms with Gasteiger partial charge in [0.15, 0.2) is 0 Å². The highest BCUT2D eigenvalue weighted by molar-refractivity contribution is 7.99. The minimum absolute atomic E-state index is 0.138. The van der Waals surface area contributed by atoms with E-state index in [1.54, 1.807) is 0 Å². The van der Waals surface area contributed by atoms with Gasteiger partial charge in [-0.2, -0.15) is 5.26 Å². The van der Waals surface area contributed by atoms with E-state index >= 15 is 0 Å². The van der Waals surface area contributed by atoms with E-state index in [0.29, 0.717) is 27.6 Å². The Kier molecular flexibility index (Phi) is 5.69. The van der Waals surface area contributed by atoms with Crippen molar-refractivity contribution in [3.05, 3.63) is 45.8 Å². The van der Waals surface area contributed by atoms with E-state index in [-0.39, 0.29) is 11.7 Å². The molecule has 1 aliphatic rings. The fourth-order valence-electron chi connectivity index (χ4n) is 3.44. The molecule has 1 aliphatic carbocycles. The highest BCUT2D eigenvalue weighted by Gasteiger charge is 2.24. The molecule has 8 heteroatoms. The van der Waals surface area contributed by atoms with Crippen LogP contribution in [0.1, 0.15) is 34.9 Å². The van der Waals surface area contributed by atoms with Crippen molar-refractivity contribution in [2.45, 2.75) is 38.3 Å². The van der Waals surface area contributed by atoms with Gasteiger partial charge in [-0.3, -0.25) is 4.79 Å². The summed E-state index contributed by atoms with van der Waals surface area (Å²) in [6, 6.07) is 10.0. The third kappa shape index (κ3) is 4.21. The quantitative estimate of drug-likeness (QED) is 0.590. The molecular formula is C21H20N4O2S2. The standard InChI is InChI=1S/C21H20N4O2S2/c1-12-7-8-15-16(10-22)20(29-17(15)9-12)23-18(26)11-28-21-25-24-19(27-21)14-6-4-3-5-13(14)2/h3-6,12H,7-9,11H2,1-2H3,(H,23,26). The lowest BCUT2D eigenvalue weighted by Crippen LogP contribution is -2.14. The third-order valence-corrected chi connectivity index (χ3v) is 6.97. The van der Waals surface area contributed by atoms with Crippen LogP contribution in [0.2, 0.25) is 0 Å². The molecule has 0 saturated carbocycles. The van der Waals surface area contributed by atoms with Crippen LogP contribution >= 0.6 is 23.1 Å². The average molecular weight is 425 g/mol. The van der Waals surface area contributed by atoms with Gasteiger partial charge in [0, 0.05) is 10.4 Å². The summed E-state index contributed by atoms with van der Waals surface area (Å²) in [5, 5.41) is 21.6. The molecule has 1 amide bonds. The van der Waals surface area contributed by atoms with E-state index in [1.165, 1.54) is 28.0 Å². The number of fused-ring (bicyclic) bond motifs is 1.